The molecule has 0 unspecified atom stereocenters. The Balaban J connectivity index is 0.00000242. The summed E-state index contributed by atoms with van der Waals surface area (Å²) < 4.78 is 15.4. The highest BCUT2D eigenvalue weighted by atomic mass is 35.5. The van der Waals surface area contributed by atoms with Gasteiger partial charge in [-0.15, -0.1) is 24.8 Å². The van der Waals surface area contributed by atoms with E-state index in [2.05, 4.69) is 10.6 Å². The van der Waals surface area contributed by atoms with Crippen LogP contribution >= 0.6 is 24.8 Å². The van der Waals surface area contributed by atoms with Gasteiger partial charge in [0.25, 0.3) is 5.91 Å². The number of nitrogens with two attached hydrogens (primary N) is 1. The third-order valence-corrected chi connectivity index (χ3v) is 8.55. The number of rotatable bonds is 4. The SMILES string of the molecule is CN(C)[C@@H]1C(=O)C(C(N)=O)=C(O)[C@@]2(O)C(=O)C3=C(O)c4c(O)c(NC(=O)[C@@H]5CCCCN5)cc(F)c4C[C@H]3C[C@@H]12.Cl.Cl. The average molecular weight is 631 g/mol. The molecule has 12 nitrogen and oxygen atoms in total. The van der Waals surface area contributed by atoms with E-state index in [4.69, 9.17) is 5.73 Å². The molecule has 230 valence electrons. The monoisotopic (exact) mass is 630 g/mol. The van der Waals surface area contributed by atoms with Gasteiger partial charge >= 0.3 is 0 Å². The van der Waals surface area contributed by atoms with E-state index in [1.165, 1.54) is 19.0 Å². The summed E-state index contributed by atoms with van der Waals surface area (Å²) in [4.78, 5) is 53.1. The van der Waals surface area contributed by atoms with Crippen LogP contribution < -0.4 is 16.4 Å². The number of primary amides is 1. The first-order valence-electron chi connectivity index (χ1n) is 13.0. The Bertz CT molecular complexity index is 1420. The molecule has 0 bridgehead atoms. The molecule has 1 aromatic carbocycles. The van der Waals surface area contributed by atoms with E-state index in [1.807, 2.05) is 0 Å². The molecule has 15 heteroatoms. The summed E-state index contributed by atoms with van der Waals surface area (Å²) in [6, 6.07) is -0.849. The largest absolute Gasteiger partial charge is 0.508 e. The topological polar surface area (TPSA) is 203 Å². The van der Waals surface area contributed by atoms with Crippen LogP contribution in [-0.4, -0.2) is 87.0 Å². The van der Waals surface area contributed by atoms with Crippen molar-refractivity contribution in [2.24, 2.45) is 17.6 Å². The zero-order chi connectivity index (χ0) is 29.3. The number of fused-ring (bicyclic) bond motifs is 3. The first-order chi connectivity index (χ1) is 18.8. The molecule has 1 aliphatic heterocycles. The molecule has 0 spiro atoms. The Labute approximate surface area is 252 Å². The van der Waals surface area contributed by atoms with Gasteiger partial charge in [0.15, 0.2) is 17.1 Å². The maximum Gasteiger partial charge on any atom is 0.255 e. The van der Waals surface area contributed by atoms with E-state index < -0.39 is 92.7 Å². The number of ketones is 2. The smallest absolute Gasteiger partial charge is 0.255 e. The Morgan fingerprint density at radius 3 is 2.40 bits per heavy atom. The Kier molecular flexibility index (Phi) is 9.35. The van der Waals surface area contributed by atoms with Gasteiger partial charge in [0.1, 0.15) is 22.9 Å². The van der Waals surface area contributed by atoms with Crippen molar-refractivity contribution in [2.45, 2.75) is 49.8 Å². The van der Waals surface area contributed by atoms with E-state index in [0.29, 0.717) is 13.0 Å². The molecule has 0 aromatic heterocycles. The standard InChI is InChI=1S/C27H31FN4O8.2ClH/c1-32(2)19-12-8-10-7-11-13(28)9-15(31-26(39)14-5-3-4-6-30-14)20(33)17(11)21(34)16(10)23(36)27(12,40)24(37)18(22(19)35)25(29)38;;/h9-10,12,14,19,30,33-34,37,40H,3-8H2,1-2H3,(H2,29,38)(H,31,39);2*1H/t10-,12-,14-,19-,27-;;/m0../s1. The normalized spacial score (nSPS) is 28.7. The Morgan fingerprint density at radius 2 is 1.83 bits per heavy atom. The Hall–Kier alpha value is -3.23. The molecule has 1 saturated heterocycles. The molecule has 4 aliphatic rings. The van der Waals surface area contributed by atoms with E-state index in [0.717, 1.165) is 18.9 Å². The number of amides is 2. The summed E-state index contributed by atoms with van der Waals surface area (Å²) in [5.41, 5.74) is 0.342. The number of Topliss-reactive ketones (excluding diaryl/α,β-unsaturated/α-hetero) is 2. The van der Waals surface area contributed by atoms with E-state index in [1.54, 1.807) is 0 Å². The van der Waals surface area contributed by atoms with Gasteiger partial charge in [0.2, 0.25) is 11.7 Å². The number of phenols is 1. The first-order valence-corrected chi connectivity index (χ1v) is 13.0. The van der Waals surface area contributed by atoms with Crippen molar-refractivity contribution < 1.29 is 44.0 Å². The average Bonchev–Trinajstić information content (AvgIpc) is 2.89. The maximum atomic E-state index is 15.4. The van der Waals surface area contributed by atoms with E-state index in [9.17, 15) is 39.6 Å². The van der Waals surface area contributed by atoms with E-state index >= 15 is 4.39 Å². The van der Waals surface area contributed by atoms with Crippen LogP contribution in [0.15, 0.2) is 23.0 Å². The van der Waals surface area contributed by atoms with Gasteiger partial charge in [-0.05, 0) is 52.2 Å². The highest BCUT2D eigenvalue weighted by molar-refractivity contribution is 6.24. The van der Waals surface area contributed by atoms with Crippen molar-refractivity contribution in [1.82, 2.24) is 10.2 Å². The third kappa shape index (κ3) is 4.82. The molecule has 1 aromatic rings. The van der Waals surface area contributed by atoms with Crippen molar-refractivity contribution in [3.63, 3.8) is 0 Å². The predicted octanol–water partition coefficient (Wildman–Crippen LogP) is 1.03. The van der Waals surface area contributed by atoms with Crippen LogP contribution in [0.2, 0.25) is 0 Å². The van der Waals surface area contributed by atoms with Crippen molar-refractivity contribution in [1.29, 1.82) is 0 Å². The molecule has 8 N–H and O–H groups in total. The van der Waals surface area contributed by atoms with Crippen molar-refractivity contribution in [3.8, 4) is 5.75 Å². The second-order valence-corrected chi connectivity index (χ2v) is 11.1. The number of nitrogens with zero attached hydrogens (tertiary/aromatic N) is 1. The molecule has 5 rings (SSSR count). The summed E-state index contributed by atoms with van der Waals surface area (Å²) in [7, 11) is 2.98. The second-order valence-electron chi connectivity index (χ2n) is 11.1. The lowest BCUT2D eigenvalue weighted by Gasteiger charge is -2.50. The molecule has 1 heterocycles. The number of nitrogens with one attached hydrogen (secondary N) is 2. The molecule has 1 saturated carbocycles. The van der Waals surface area contributed by atoms with Gasteiger partial charge in [-0.3, -0.25) is 24.1 Å². The fourth-order valence-electron chi connectivity index (χ4n) is 6.66. The molecule has 2 fully saturated rings. The molecule has 5 atom stereocenters. The van der Waals surface area contributed by atoms with Crippen molar-refractivity contribution in [3.05, 3.63) is 39.9 Å². The molecule has 42 heavy (non-hydrogen) atoms. The number of carbonyl (C=O) groups is 4. The molecule has 0 radical (unpaired) electrons. The Morgan fingerprint density at radius 1 is 1.17 bits per heavy atom. The number of piperidine rings is 1. The van der Waals surface area contributed by atoms with Crippen molar-refractivity contribution >= 4 is 59.6 Å². The number of likely N-dealkylation sites (N-methyl/N-ethyl adjacent to an activating group) is 1. The fraction of sp³-hybridized carbons (Fsp3) is 0.481. The number of aliphatic hydroxyl groups is 3. The van der Waals surface area contributed by atoms with Gasteiger partial charge in [-0.2, -0.15) is 0 Å². The van der Waals surface area contributed by atoms with Crippen LogP contribution in [0, 0.1) is 17.7 Å². The minimum absolute atomic E-state index is 0. The van der Waals surface area contributed by atoms with Crippen molar-refractivity contribution in [2.75, 3.05) is 26.0 Å². The highest BCUT2D eigenvalue weighted by Crippen LogP contribution is 2.53. The number of benzene rings is 1. The summed E-state index contributed by atoms with van der Waals surface area (Å²) in [6.45, 7) is 0.627. The summed E-state index contributed by atoms with van der Waals surface area (Å²) in [5.74, 6) is -9.63. The van der Waals surface area contributed by atoms with Crippen LogP contribution in [-0.2, 0) is 25.6 Å². The van der Waals surface area contributed by atoms with Gasteiger partial charge in [-0.1, -0.05) is 6.42 Å². The quantitative estimate of drug-likeness (QED) is 0.186. The molecular formula is C27H33Cl2FN4O8. The lowest BCUT2D eigenvalue weighted by Crippen LogP contribution is -2.65. The number of phenolic OH excluding ortho intramolecular Hbond substituents is 1. The number of hydrogen-bond acceptors (Lipinski definition) is 10. The highest BCUT2D eigenvalue weighted by Gasteiger charge is 2.64. The molecule has 3 aliphatic carbocycles. The van der Waals surface area contributed by atoms with Crippen LogP contribution in [0.1, 0.15) is 36.8 Å². The summed E-state index contributed by atoms with van der Waals surface area (Å²) in [6.07, 6.45) is 1.92. The molecular weight excluding hydrogens is 598 g/mol. The summed E-state index contributed by atoms with van der Waals surface area (Å²) in [5, 5.41) is 50.3. The minimum Gasteiger partial charge on any atom is -0.508 e. The number of carbonyl (C=O) groups excluding carboxylic acids is 4. The number of anilines is 1. The van der Waals surface area contributed by atoms with Gasteiger partial charge in [-0.25, -0.2) is 4.39 Å². The fourth-order valence-corrected chi connectivity index (χ4v) is 6.66. The lowest BCUT2D eigenvalue weighted by molar-refractivity contribution is -0.153. The van der Waals surface area contributed by atoms with Gasteiger partial charge in [0.05, 0.1) is 23.3 Å². The number of aliphatic hydroxyl groups excluding tert-OH is 2. The van der Waals surface area contributed by atoms with Crippen LogP contribution in [0.4, 0.5) is 10.1 Å². The summed E-state index contributed by atoms with van der Waals surface area (Å²) >= 11 is 0. The van der Waals surface area contributed by atoms with E-state index in [-0.39, 0.29) is 48.9 Å². The zero-order valence-electron chi connectivity index (χ0n) is 22.8. The number of hydrogen-bond donors (Lipinski definition) is 7. The zero-order valence-corrected chi connectivity index (χ0v) is 24.4. The van der Waals surface area contributed by atoms with Crippen LogP contribution in [0.3, 0.4) is 0 Å². The lowest BCUT2D eigenvalue weighted by atomic mass is 9.57. The number of halogens is 3. The van der Waals surface area contributed by atoms with Gasteiger partial charge in [0, 0.05) is 23.1 Å². The third-order valence-electron chi connectivity index (χ3n) is 8.55. The molecule has 2 amide bonds. The second kappa shape index (κ2) is 11.8. The minimum atomic E-state index is -2.79. The maximum absolute atomic E-state index is 15.4. The van der Waals surface area contributed by atoms with Crippen LogP contribution in [0.25, 0.3) is 5.76 Å². The first kappa shape index (κ1) is 33.3. The van der Waals surface area contributed by atoms with Crippen LogP contribution in [0.5, 0.6) is 5.75 Å². The van der Waals surface area contributed by atoms with Gasteiger partial charge < -0.3 is 36.8 Å². The predicted molar refractivity (Wildman–Crippen MR) is 153 cm³/mol. The number of aromatic hydroxyl groups is 1.